The van der Waals surface area contributed by atoms with Crippen molar-refractivity contribution in [3.8, 4) is 11.8 Å². The normalized spacial score (nSPS) is 25.4. The third kappa shape index (κ3) is 4.24. The monoisotopic (exact) mass is 285 g/mol. The molecule has 0 bridgehead atoms. The van der Waals surface area contributed by atoms with Crippen LogP contribution >= 0.6 is 0 Å². The highest BCUT2D eigenvalue weighted by Crippen LogP contribution is 2.45. The van der Waals surface area contributed by atoms with Gasteiger partial charge in [-0.25, -0.2) is 0 Å². The maximum Gasteiger partial charge on any atom is 0.115 e. The molecule has 21 heavy (non-hydrogen) atoms. The Morgan fingerprint density at radius 3 is 2.38 bits per heavy atom. The quantitative estimate of drug-likeness (QED) is 0.698. The van der Waals surface area contributed by atoms with Crippen LogP contribution in [0.15, 0.2) is 24.3 Å². The summed E-state index contributed by atoms with van der Waals surface area (Å²) in [6.07, 6.45) is 10.3. The molecule has 0 saturated heterocycles. The van der Waals surface area contributed by atoms with E-state index in [9.17, 15) is 10.4 Å². The Morgan fingerprint density at radius 2 is 1.81 bits per heavy atom. The minimum Gasteiger partial charge on any atom is -0.508 e. The smallest absolute Gasteiger partial charge is 0.115 e. The molecule has 1 fully saturated rings. The molecule has 1 aromatic rings. The second kappa shape index (κ2) is 7.50. The molecule has 1 aliphatic rings. The van der Waals surface area contributed by atoms with Crippen LogP contribution in [0.4, 0.5) is 0 Å². The van der Waals surface area contributed by atoms with E-state index in [1.807, 2.05) is 12.1 Å². The minimum absolute atomic E-state index is 0.0683. The standard InChI is InChI=1S/C19H27NO/c1-2-3-4-5-12-19(15-20)13-10-17(11-14-19)16-6-8-18(21)9-7-16/h6-9,17,21H,2-5,10-14H2,1H3/t17-,19-. The Morgan fingerprint density at radius 1 is 1.14 bits per heavy atom. The number of hydrogen-bond acceptors (Lipinski definition) is 2. The van der Waals surface area contributed by atoms with Gasteiger partial charge in [-0.2, -0.15) is 5.26 Å². The molecule has 0 heterocycles. The molecule has 2 rings (SSSR count). The Balaban J connectivity index is 1.88. The predicted octanol–water partition coefficient (Wildman–Crippen LogP) is 5.53. The van der Waals surface area contributed by atoms with Crippen molar-refractivity contribution in [3.05, 3.63) is 29.8 Å². The second-order valence-corrected chi connectivity index (χ2v) is 6.57. The highest BCUT2D eigenvalue weighted by molar-refractivity contribution is 5.29. The molecule has 1 N–H and O–H groups in total. The lowest BCUT2D eigenvalue weighted by atomic mass is 9.67. The largest absolute Gasteiger partial charge is 0.508 e. The highest BCUT2D eigenvalue weighted by Gasteiger charge is 2.35. The fourth-order valence-electron chi connectivity index (χ4n) is 3.56. The molecule has 0 spiro atoms. The number of nitrogens with zero attached hydrogens (tertiary/aromatic N) is 1. The molecule has 1 aliphatic carbocycles. The molecule has 2 nitrogen and oxygen atoms in total. The van der Waals surface area contributed by atoms with E-state index in [0.29, 0.717) is 11.7 Å². The van der Waals surface area contributed by atoms with Crippen molar-refractivity contribution in [1.29, 1.82) is 5.26 Å². The Kier molecular flexibility index (Phi) is 5.67. The van der Waals surface area contributed by atoms with Crippen LogP contribution in [0.2, 0.25) is 0 Å². The number of rotatable bonds is 6. The van der Waals surface area contributed by atoms with Gasteiger partial charge in [0.05, 0.1) is 11.5 Å². The number of hydrogen-bond donors (Lipinski definition) is 1. The molecule has 0 radical (unpaired) electrons. The number of phenolic OH excluding ortho intramolecular Hbond substituents is 1. The highest BCUT2D eigenvalue weighted by atomic mass is 16.3. The third-order valence-corrected chi connectivity index (χ3v) is 5.05. The van der Waals surface area contributed by atoms with Gasteiger partial charge in [0.1, 0.15) is 5.75 Å². The summed E-state index contributed by atoms with van der Waals surface area (Å²) in [5.74, 6) is 0.888. The maximum atomic E-state index is 9.61. The molecule has 0 aliphatic heterocycles. The van der Waals surface area contributed by atoms with E-state index >= 15 is 0 Å². The zero-order valence-corrected chi connectivity index (χ0v) is 13.1. The zero-order valence-electron chi connectivity index (χ0n) is 13.1. The zero-order chi connectivity index (χ0) is 15.1. The SMILES string of the molecule is CCCCCC[C@]1(C#N)CC[C@H](c2ccc(O)cc2)CC1. The summed E-state index contributed by atoms with van der Waals surface area (Å²) in [5, 5.41) is 19.0. The lowest BCUT2D eigenvalue weighted by Gasteiger charge is -2.35. The van der Waals surface area contributed by atoms with E-state index in [2.05, 4.69) is 13.0 Å². The van der Waals surface area contributed by atoms with Crippen molar-refractivity contribution >= 4 is 0 Å². The maximum absolute atomic E-state index is 9.61. The number of unbranched alkanes of at least 4 members (excludes halogenated alkanes) is 3. The van der Waals surface area contributed by atoms with Gasteiger partial charge in [-0.15, -0.1) is 0 Å². The Hall–Kier alpha value is -1.49. The van der Waals surface area contributed by atoms with Gasteiger partial charge in [0.15, 0.2) is 0 Å². The van der Waals surface area contributed by atoms with Crippen LogP contribution in [0.1, 0.15) is 76.2 Å². The van der Waals surface area contributed by atoms with Crippen LogP contribution in [-0.2, 0) is 0 Å². The number of nitriles is 1. The fourth-order valence-corrected chi connectivity index (χ4v) is 3.56. The van der Waals surface area contributed by atoms with Crippen LogP contribution in [-0.4, -0.2) is 5.11 Å². The van der Waals surface area contributed by atoms with Gasteiger partial charge in [-0.05, 0) is 55.7 Å². The molecular formula is C19H27NO. The van der Waals surface area contributed by atoms with Gasteiger partial charge >= 0.3 is 0 Å². The predicted molar refractivity (Wildman–Crippen MR) is 86.1 cm³/mol. The van der Waals surface area contributed by atoms with E-state index in [4.69, 9.17) is 0 Å². The first-order valence-electron chi connectivity index (χ1n) is 8.39. The molecule has 1 saturated carbocycles. The lowest BCUT2D eigenvalue weighted by molar-refractivity contribution is 0.223. The molecule has 114 valence electrons. The molecule has 0 aromatic heterocycles. The van der Waals surface area contributed by atoms with E-state index in [1.165, 1.54) is 31.2 Å². The van der Waals surface area contributed by atoms with Crippen LogP contribution in [0, 0.1) is 16.7 Å². The first-order chi connectivity index (χ1) is 10.2. The van der Waals surface area contributed by atoms with Crippen molar-refractivity contribution in [1.82, 2.24) is 0 Å². The fraction of sp³-hybridized carbons (Fsp3) is 0.632. The first-order valence-corrected chi connectivity index (χ1v) is 8.39. The van der Waals surface area contributed by atoms with Gasteiger partial charge in [0.2, 0.25) is 0 Å². The number of aromatic hydroxyl groups is 1. The molecule has 0 unspecified atom stereocenters. The van der Waals surface area contributed by atoms with Crippen molar-refractivity contribution < 1.29 is 5.11 Å². The van der Waals surface area contributed by atoms with Crippen LogP contribution in [0.5, 0.6) is 5.75 Å². The first kappa shape index (κ1) is 15.9. The average Bonchev–Trinajstić information content (AvgIpc) is 2.53. The molecule has 0 amide bonds. The van der Waals surface area contributed by atoms with Crippen molar-refractivity contribution in [3.63, 3.8) is 0 Å². The summed E-state index contributed by atoms with van der Waals surface area (Å²) in [5.41, 5.74) is 1.24. The van der Waals surface area contributed by atoms with E-state index < -0.39 is 0 Å². The van der Waals surface area contributed by atoms with E-state index in [-0.39, 0.29) is 5.41 Å². The molecule has 1 aromatic carbocycles. The van der Waals surface area contributed by atoms with Crippen molar-refractivity contribution in [2.24, 2.45) is 5.41 Å². The van der Waals surface area contributed by atoms with Crippen LogP contribution in [0.3, 0.4) is 0 Å². The van der Waals surface area contributed by atoms with Gasteiger partial charge in [0, 0.05) is 0 Å². The molecule has 0 atom stereocenters. The summed E-state index contributed by atoms with van der Waals surface area (Å²) in [4.78, 5) is 0. The van der Waals surface area contributed by atoms with Crippen molar-refractivity contribution in [2.75, 3.05) is 0 Å². The van der Waals surface area contributed by atoms with Crippen LogP contribution < -0.4 is 0 Å². The van der Waals surface area contributed by atoms with Gasteiger partial charge in [-0.3, -0.25) is 0 Å². The lowest BCUT2D eigenvalue weighted by Crippen LogP contribution is -2.25. The summed E-state index contributed by atoms with van der Waals surface area (Å²) in [6.45, 7) is 2.23. The van der Waals surface area contributed by atoms with E-state index in [1.54, 1.807) is 12.1 Å². The topological polar surface area (TPSA) is 44.0 Å². The van der Waals surface area contributed by atoms with Crippen LogP contribution in [0.25, 0.3) is 0 Å². The number of phenols is 1. The Labute approximate surface area is 128 Å². The second-order valence-electron chi connectivity index (χ2n) is 6.57. The van der Waals surface area contributed by atoms with Gasteiger partial charge in [0.25, 0.3) is 0 Å². The van der Waals surface area contributed by atoms with E-state index in [0.717, 1.165) is 32.1 Å². The summed E-state index contributed by atoms with van der Waals surface area (Å²) < 4.78 is 0. The van der Waals surface area contributed by atoms with Gasteiger partial charge in [-0.1, -0.05) is 44.7 Å². The minimum atomic E-state index is -0.0683. The Bertz CT molecular complexity index is 463. The third-order valence-electron chi connectivity index (χ3n) is 5.05. The van der Waals surface area contributed by atoms with Gasteiger partial charge < -0.3 is 5.11 Å². The molecule has 2 heteroatoms. The number of benzene rings is 1. The average molecular weight is 285 g/mol. The van der Waals surface area contributed by atoms with Crippen molar-refractivity contribution in [2.45, 2.75) is 70.6 Å². The summed E-state index contributed by atoms with van der Waals surface area (Å²) in [7, 11) is 0. The molecular weight excluding hydrogens is 258 g/mol. The summed E-state index contributed by atoms with van der Waals surface area (Å²) in [6, 6.07) is 10.2. The summed E-state index contributed by atoms with van der Waals surface area (Å²) >= 11 is 0.